The predicted octanol–water partition coefficient (Wildman–Crippen LogP) is 5.02. The van der Waals surface area contributed by atoms with Crippen molar-refractivity contribution in [2.24, 2.45) is 0 Å². The molecule has 0 saturated carbocycles. The first-order valence-electron chi connectivity index (χ1n) is 10.2. The van der Waals surface area contributed by atoms with Crippen molar-refractivity contribution in [1.29, 1.82) is 0 Å². The van der Waals surface area contributed by atoms with Crippen LogP contribution in [0.5, 0.6) is 5.75 Å². The van der Waals surface area contributed by atoms with E-state index in [0.717, 1.165) is 11.1 Å². The van der Waals surface area contributed by atoms with Crippen LogP contribution in [0.25, 0.3) is 5.76 Å². The molecule has 0 spiro atoms. The third-order valence-electron chi connectivity index (χ3n) is 5.26. The molecule has 3 aromatic carbocycles. The van der Waals surface area contributed by atoms with Gasteiger partial charge >= 0.3 is 0 Å². The number of amides is 1. The molecule has 156 valence electrons. The lowest BCUT2D eigenvalue weighted by Gasteiger charge is -2.26. The van der Waals surface area contributed by atoms with E-state index in [1.807, 2.05) is 44.2 Å². The Kier molecular flexibility index (Phi) is 5.58. The molecule has 3 aromatic rings. The second-order valence-electron chi connectivity index (χ2n) is 7.38. The van der Waals surface area contributed by atoms with E-state index in [-0.39, 0.29) is 11.3 Å². The fraction of sp³-hybridized carbons (Fsp3) is 0.154. The Labute approximate surface area is 181 Å². The molecule has 1 N–H and O–H groups in total. The highest BCUT2D eigenvalue weighted by atomic mass is 16.5. The summed E-state index contributed by atoms with van der Waals surface area (Å²) in [5.41, 5.74) is 2.83. The van der Waals surface area contributed by atoms with E-state index in [1.54, 1.807) is 48.5 Å². The third-order valence-corrected chi connectivity index (χ3v) is 5.26. The zero-order valence-corrected chi connectivity index (χ0v) is 17.4. The summed E-state index contributed by atoms with van der Waals surface area (Å²) < 4.78 is 5.59. The third kappa shape index (κ3) is 3.82. The summed E-state index contributed by atoms with van der Waals surface area (Å²) in [6, 6.07) is 22.7. The molecule has 1 unspecified atom stereocenters. The molecule has 1 heterocycles. The number of rotatable bonds is 5. The number of aryl methyl sites for hydroxylation is 1. The summed E-state index contributed by atoms with van der Waals surface area (Å²) in [5, 5.41) is 11.1. The normalized spacial score (nSPS) is 17.7. The van der Waals surface area contributed by atoms with Crippen molar-refractivity contribution in [3.05, 3.63) is 101 Å². The van der Waals surface area contributed by atoms with E-state index < -0.39 is 17.7 Å². The number of hydrogen-bond donors (Lipinski definition) is 1. The number of carbonyl (C=O) groups excluding carboxylic acids is 2. The van der Waals surface area contributed by atoms with E-state index in [0.29, 0.717) is 23.6 Å². The lowest BCUT2D eigenvalue weighted by atomic mass is 9.94. The van der Waals surface area contributed by atoms with Gasteiger partial charge < -0.3 is 9.84 Å². The lowest BCUT2D eigenvalue weighted by Crippen LogP contribution is -2.29. The first-order valence-corrected chi connectivity index (χ1v) is 10.2. The standard InChI is InChI=1S/C26H23NO4/c1-3-31-21-14-8-13-20(16-21)27-23(19-12-7-9-17(2)15-19)22(25(29)26(27)30)24(28)18-10-5-4-6-11-18/h4-16,23,28H,3H2,1-2H3/b24-22+. The second kappa shape index (κ2) is 8.48. The predicted molar refractivity (Wildman–Crippen MR) is 120 cm³/mol. The molecule has 5 heteroatoms. The van der Waals surface area contributed by atoms with Gasteiger partial charge in [-0.3, -0.25) is 14.5 Å². The van der Waals surface area contributed by atoms with Gasteiger partial charge in [-0.15, -0.1) is 0 Å². The van der Waals surface area contributed by atoms with Gasteiger partial charge in [0.05, 0.1) is 18.2 Å². The molecule has 0 aliphatic carbocycles. The molecule has 1 atom stereocenters. The van der Waals surface area contributed by atoms with Gasteiger partial charge in [-0.05, 0) is 31.5 Å². The topological polar surface area (TPSA) is 66.8 Å². The van der Waals surface area contributed by atoms with Crippen molar-refractivity contribution in [3.8, 4) is 5.75 Å². The van der Waals surface area contributed by atoms with E-state index in [4.69, 9.17) is 4.74 Å². The maximum Gasteiger partial charge on any atom is 0.300 e. The highest BCUT2D eigenvalue weighted by Crippen LogP contribution is 2.42. The van der Waals surface area contributed by atoms with Crippen LogP contribution in [0.2, 0.25) is 0 Å². The highest BCUT2D eigenvalue weighted by Gasteiger charge is 2.47. The van der Waals surface area contributed by atoms with E-state index in [1.165, 1.54) is 4.90 Å². The molecule has 1 aliphatic heterocycles. The number of benzene rings is 3. The molecule has 1 aliphatic rings. The molecule has 5 nitrogen and oxygen atoms in total. The number of ether oxygens (including phenoxy) is 1. The van der Waals surface area contributed by atoms with Crippen molar-refractivity contribution < 1.29 is 19.4 Å². The first kappa shape index (κ1) is 20.4. The fourth-order valence-electron chi connectivity index (χ4n) is 3.90. The van der Waals surface area contributed by atoms with Crippen LogP contribution in [-0.4, -0.2) is 23.4 Å². The molecule has 0 radical (unpaired) electrons. The largest absolute Gasteiger partial charge is 0.507 e. The smallest absolute Gasteiger partial charge is 0.300 e. The maximum absolute atomic E-state index is 13.2. The van der Waals surface area contributed by atoms with Crippen LogP contribution in [0.15, 0.2) is 84.4 Å². The van der Waals surface area contributed by atoms with Gasteiger partial charge in [-0.25, -0.2) is 0 Å². The Balaban J connectivity index is 1.93. The number of aliphatic hydroxyl groups is 1. The van der Waals surface area contributed by atoms with Crippen molar-refractivity contribution >= 4 is 23.1 Å². The van der Waals surface area contributed by atoms with Gasteiger partial charge in [0.2, 0.25) is 0 Å². The van der Waals surface area contributed by atoms with Crippen LogP contribution in [0, 0.1) is 6.92 Å². The fourth-order valence-corrected chi connectivity index (χ4v) is 3.90. The van der Waals surface area contributed by atoms with Crippen LogP contribution in [0.4, 0.5) is 5.69 Å². The lowest BCUT2D eigenvalue weighted by molar-refractivity contribution is -0.132. The van der Waals surface area contributed by atoms with E-state index >= 15 is 0 Å². The van der Waals surface area contributed by atoms with Gasteiger partial charge in [-0.2, -0.15) is 0 Å². The minimum absolute atomic E-state index is 0.0728. The average Bonchev–Trinajstić information content (AvgIpc) is 3.05. The van der Waals surface area contributed by atoms with Crippen LogP contribution in [0.3, 0.4) is 0 Å². The number of nitrogens with zero attached hydrogens (tertiary/aromatic N) is 1. The van der Waals surface area contributed by atoms with Crippen molar-refractivity contribution in [1.82, 2.24) is 0 Å². The second-order valence-corrected chi connectivity index (χ2v) is 7.38. The molecule has 0 bridgehead atoms. The molecular formula is C26H23NO4. The minimum atomic E-state index is -0.753. The van der Waals surface area contributed by atoms with E-state index in [9.17, 15) is 14.7 Å². The Hall–Kier alpha value is -3.86. The number of anilines is 1. The molecule has 1 amide bonds. The number of ketones is 1. The molecular weight excluding hydrogens is 390 g/mol. The van der Waals surface area contributed by atoms with Gasteiger partial charge in [0.1, 0.15) is 11.5 Å². The summed E-state index contributed by atoms with van der Waals surface area (Å²) in [6.45, 7) is 4.31. The number of aliphatic hydroxyl groups excluding tert-OH is 1. The maximum atomic E-state index is 13.2. The van der Waals surface area contributed by atoms with Crippen LogP contribution in [-0.2, 0) is 9.59 Å². The number of carbonyl (C=O) groups is 2. The van der Waals surface area contributed by atoms with Gasteiger partial charge in [0.15, 0.2) is 0 Å². The Morgan fingerprint density at radius 1 is 0.968 bits per heavy atom. The summed E-state index contributed by atoms with van der Waals surface area (Å²) >= 11 is 0. The Morgan fingerprint density at radius 2 is 1.71 bits per heavy atom. The van der Waals surface area contributed by atoms with Crippen molar-refractivity contribution in [2.45, 2.75) is 19.9 Å². The highest BCUT2D eigenvalue weighted by molar-refractivity contribution is 6.51. The quantitative estimate of drug-likeness (QED) is 0.362. The summed E-state index contributed by atoms with van der Waals surface area (Å²) in [7, 11) is 0. The summed E-state index contributed by atoms with van der Waals surface area (Å²) in [6.07, 6.45) is 0. The zero-order chi connectivity index (χ0) is 22.0. The molecule has 1 saturated heterocycles. The van der Waals surface area contributed by atoms with Gasteiger partial charge in [0, 0.05) is 17.3 Å². The van der Waals surface area contributed by atoms with Gasteiger partial charge in [0.25, 0.3) is 11.7 Å². The molecule has 4 rings (SSSR count). The van der Waals surface area contributed by atoms with Crippen molar-refractivity contribution in [3.63, 3.8) is 0 Å². The molecule has 31 heavy (non-hydrogen) atoms. The Morgan fingerprint density at radius 3 is 2.42 bits per heavy atom. The van der Waals surface area contributed by atoms with Gasteiger partial charge in [-0.1, -0.05) is 66.2 Å². The number of Topliss-reactive ketones (excluding diaryl/α,β-unsaturated/α-hetero) is 1. The first-order chi connectivity index (χ1) is 15.0. The number of hydrogen-bond acceptors (Lipinski definition) is 4. The van der Waals surface area contributed by atoms with Crippen LogP contribution in [0.1, 0.15) is 29.7 Å². The van der Waals surface area contributed by atoms with Crippen LogP contribution >= 0.6 is 0 Å². The average molecular weight is 413 g/mol. The summed E-state index contributed by atoms with van der Waals surface area (Å²) in [5.74, 6) is -0.978. The Bertz CT molecular complexity index is 1170. The van der Waals surface area contributed by atoms with Crippen molar-refractivity contribution in [2.75, 3.05) is 11.5 Å². The minimum Gasteiger partial charge on any atom is -0.507 e. The van der Waals surface area contributed by atoms with Crippen LogP contribution < -0.4 is 9.64 Å². The SMILES string of the molecule is CCOc1cccc(N2C(=O)C(=O)/C(=C(/O)c3ccccc3)C2c2cccc(C)c2)c1. The molecule has 1 fully saturated rings. The monoisotopic (exact) mass is 413 g/mol. The summed E-state index contributed by atoms with van der Waals surface area (Å²) in [4.78, 5) is 27.8. The van der Waals surface area contributed by atoms with E-state index in [2.05, 4.69) is 0 Å². The molecule has 0 aromatic heterocycles. The zero-order valence-electron chi connectivity index (χ0n) is 17.4.